The maximum Gasteiger partial charge on any atom is 0.120 e. The van der Waals surface area contributed by atoms with E-state index >= 15 is 0 Å². The maximum atomic E-state index is 5.16. The molecule has 15 heavy (non-hydrogen) atoms. The van der Waals surface area contributed by atoms with Crippen LogP contribution in [-0.2, 0) is 0 Å². The van der Waals surface area contributed by atoms with E-state index < -0.39 is 0 Å². The molecule has 0 radical (unpaired) electrons. The molecule has 1 heterocycles. The van der Waals surface area contributed by atoms with E-state index in [2.05, 4.69) is 10.3 Å². The van der Waals surface area contributed by atoms with Gasteiger partial charge in [0.1, 0.15) is 11.6 Å². The van der Waals surface area contributed by atoms with E-state index in [0.717, 1.165) is 30.2 Å². The molecule has 0 saturated heterocycles. The smallest absolute Gasteiger partial charge is 0.120 e. The van der Waals surface area contributed by atoms with Crippen molar-refractivity contribution in [1.29, 1.82) is 0 Å². The van der Waals surface area contributed by atoms with Crippen molar-refractivity contribution < 1.29 is 4.74 Å². The van der Waals surface area contributed by atoms with Gasteiger partial charge in [0, 0.05) is 24.7 Å². The fourth-order valence-electron chi connectivity index (χ4n) is 1.67. The number of benzene rings is 1. The first-order chi connectivity index (χ1) is 7.38. The van der Waals surface area contributed by atoms with Gasteiger partial charge in [0.05, 0.1) is 7.11 Å². The van der Waals surface area contributed by atoms with Crippen LogP contribution in [0, 0.1) is 0 Å². The Hall–Kier alpha value is -1.51. The molecule has 0 aromatic heterocycles. The minimum atomic E-state index is 0.872. The molecular formula is C12H16N2O. The van der Waals surface area contributed by atoms with Gasteiger partial charge in [-0.2, -0.15) is 0 Å². The van der Waals surface area contributed by atoms with E-state index in [-0.39, 0.29) is 0 Å². The van der Waals surface area contributed by atoms with Crippen molar-refractivity contribution in [3.8, 4) is 5.75 Å². The first-order valence-electron chi connectivity index (χ1n) is 5.33. The number of ether oxygens (including phenoxy) is 1. The van der Waals surface area contributed by atoms with Crippen LogP contribution in [0.2, 0.25) is 0 Å². The molecule has 3 heteroatoms. The predicted molar refractivity (Wildman–Crippen MR) is 62.8 cm³/mol. The predicted octanol–water partition coefficient (Wildman–Crippen LogP) is 2.69. The van der Waals surface area contributed by atoms with Crippen LogP contribution >= 0.6 is 0 Å². The molecule has 1 aromatic carbocycles. The SMILES string of the molecule is COc1cccc(NC2=NCCCC2)c1. The van der Waals surface area contributed by atoms with Gasteiger partial charge in [-0.05, 0) is 25.0 Å². The molecule has 0 amide bonds. The van der Waals surface area contributed by atoms with Crippen molar-refractivity contribution in [2.45, 2.75) is 19.3 Å². The van der Waals surface area contributed by atoms with Crippen molar-refractivity contribution in [3.63, 3.8) is 0 Å². The zero-order valence-electron chi connectivity index (χ0n) is 8.99. The van der Waals surface area contributed by atoms with Gasteiger partial charge in [-0.3, -0.25) is 4.99 Å². The number of nitrogens with zero attached hydrogens (tertiary/aromatic N) is 1. The second-order valence-corrected chi connectivity index (χ2v) is 3.64. The molecule has 0 atom stereocenters. The first kappa shape index (κ1) is 10.0. The molecule has 0 saturated carbocycles. The Labute approximate surface area is 90.2 Å². The van der Waals surface area contributed by atoms with Gasteiger partial charge in [0.2, 0.25) is 0 Å². The van der Waals surface area contributed by atoms with Crippen molar-refractivity contribution >= 4 is 11.5 Å². The van der Waals surface area contributed by atoms with E-state index in [1.807, 2.05) is 24.3 Å². The Balaban J connectivity index is 2.06. The summed E-state index contributed by atoms with van der Waals surface area (Å²) in [6.07, 6.45) is 3.50. The molecule has 80 valence electrons. The lowest BCUT2D eigenvalue weighted by Gasteiger charge is -2.14. The minimum absolute atomic E-state index is 0.872. The average molecular weight is 204 g/mol. The van der Waals surface area contributed by atoms with Crippen molar-refractivity contribution in [2.75, 3.05) is 19.0 Å². The van der Waals surface area contributed by atoms with Gasteiger partial charge in [-0.1, -0.05) is 6.07 Å². The van der Waals surface area contributed by atoms with E-state index in [4.69, 9.17) is 4.74 Å². The van der Waals surface area contributed by atoms with Crippen LogP contribution < -0.4 is 10.1 Å². The summed E-state index contributed by atoms with van der Waals surface area (Å²) in [6.45, 7) is 0.951. The normalized spacial score (nSPS) is 15.7. The Kier molecular flexibility index (Phi) is 3.22. The van der Waals surface area contributed by atoms with Gasteiger partial charge >= 0.3 is 0 Å². The summed E-state index contributed by atoms with van der Waals surface area (Å²) in [7, 11) is 1.68. The standard InChI is InChI=1S/C12H16N2O/c1-15-11-6-4-5-10(9-11)14-12-7-2-3-8-13-12/h4-6,9H,2-3,7-8H2,1H3,(H,13,14). The highest BCUT2D eigenvalue weighted by Gasteiger charge is 2.05. The highest BCUT2D eigenvalue weighted by atomic mass is 16.5. The average Bonchev–Trinajstić information content (AvgIpc) is 2.31. The topological polar surface area (TPSA) is 33.6 Å². The number of amidine groups is 1. The number of methoxy groups -OCH3 is 1. The third-order valence-electron chi connectivity index (χ3n) is 2.48. The zero-order valence-corrected chi connectivity index (χ0v) is 8.99. The van der Waals surface area contributed by atoms with Crippen molar-refractivity contribution in [3.05, 3.63) is 24.3 Å². The van der Waals surface area contributed by atoms with Crippen LogP contribution in [0.15, 0.2) is 29.3 Å². The summed E-state index contributed by atoms with van der Waals surface area (Å²) >= 11 is 0. The van der Waals surface area contributed by atoms with E-state index in [1.165, 1.54) is 12.8 Å². The number of aliphatic imine (C=N–C) groups is 1. The van der Waals surface area contributed by atoms with Crippen LogP contribution in [-0.4, -0.2) is 19.5 Å². The summed E-state index contributed by atoms with van der Waals surface area (Å²) in [5, 5.41) is 3.33. The van der Waals surface area contributed by atoms with Crippen LogP contribution in [0.5, 0.6) is 5.75 Å². The minimum Gasteiger partial charge on any atom is -0.497 e. The number of anilines is 1. The highest BCUT2D eigenvalue weighted by Crippen LogP contribution is 2.18. The summed E-state index contributed by atoms with van der Waals surface area (Å²) in [5.74, 6) is 1.96. The fraction of sp³-hybridized carbons (Fsp3) is 0.417. The molecule has 1 aliphatic heterocycles. The lowest BCUT2D eigenvalue weighted by atomic mass is 10.2. The quantitative estimate of drug-likeness (QED) is 0.803. The summed E-state index contributed by atoms with van der Waals surface area (Å²) < 4.78 is 5.16. The molecule has 3 nitrogen and oxygen atoms in total. The van der Waals surface area contributed by atoms with Gasteiger partial charge in [0.25, 0.3) is 0 Å². The molecule has 0 spiro atoms. The maximum absolute atomic E-state index is 5.16. The monoisotopic (exact) mass is 204 g/mol. The van der Waals surface area contributed by atoms with Crippen molar-refractivity contribution in [2.24, 2.45) is 4.99 Å². The number of rotatable bonds is 2. The molecule has 2 rings (SSSR count). The zero-order chi connectivity index (χ0) is 10.5. The second kappa shape index (κ2) is 4.82. The van der Waals surface area contributed by atoms with Crippen LogP contribution in [0.25, 0.3) is 0 Å². The highest BCUT2D eigenvalue weighted by molar-refractivity contribution is 5.95. The number of hydrogen-bond acceptors (Lipinski definition) is 3. The Bertz CT molecular complexity index is 360. The van der Waals surface area contributed by atoms with Gasteiger partial charge in [-0.15, -0.1) is 0 Å². The van der Waals surface area contributed by atoms with E-state index in [9.17, 15) is 0 Å². The van der Waals surface area contributed by atoms with Gasteiger partial charge < -0.3 is 10.1 Å². The first-order valence-corrected chi connectivity index (χ1v) is 5.33. The molecule has 1 aliphatic rings. The molecule has 0 bridgehead atoms. The lowest BCUT2D eigenvalue weighted by molar-refractivity contribution is 0.415. The second-order valence-electron chi connectivity index (χ2n) is 3.64. The van der Waals surface area contributed by atoms with Crippen LogP contribution in [0.1, 0.15) is 19.3 Å². The largest absolute Gasteiger partial charge is 0.497 e. The van der Waals surface area contributed by atoms with Crippen molar-refractivity contribution in [1.82, 2.24) is 0 Å². The molecule has 0 fully saturated rings. The summed E-state index contributed by atoms with van der Waals surface area (Å²) in [6, 6.07) is 7.93. The van der Waals surface area contributed by atoms with Gasteiger partial charge in [-0.25, -0.2) is 0 Å². The molecule has 1 aromatic rings. The van der Waals surface area contributed by atoms with Crippen LogP contribution in [0.4, 0.5) is 5.69 Å². The Morgan fingerprint density at radius 1 is 1.33 bits per heavy atom. The molecular weight excluding hydrogens is 188 g/mol. The lowest BCUT2D eigenvalue weighted by Crippen LogP contribution is -2.15. The Morgan fingerprint density at radius 3 is 3.00 bits per heavy atom. The van der Waals surface area contributed by atoms with Crippen LogP contribution in [0.3, 0.4) is 0 Å². The molecule has 1 N–H and O–H groups in total. The number of nitrogens with one attached hydrogen (secondary N) is 1. The summed E-state index contributed by atoms with van der Waals surface area (Å²) in [4.78, 5) is 4.44. The summed E-state index contributed by atoms with van der Waals surface area (Å²) in [5.41, 5.74) is 1.05. The van der Waals surface area contributed by atoms with Gasteiger partial charge in [0.15, 0.2) is 0 Å². The van der Waals surface area contributed by atoms with E-state index in [1.54, 1.807) is 7.11 Å². The molecule has 0 unspecified atom stereocenters. The molecule has 0 aliphatic carbocycles. The third kappa shape index (κ3) is 2.72. The fourth-order valence-corrected chi connectivity index (χ4v) is 1.67. The third-order valence-corrected chi connectivity index (χ3v) is 2.48. The van der Waals surface area contributed by atoms with E-state index in [0.29, 0.717) is 0 Å². The Morgan fingerprint density at radius 2 is 2.27 bits per heavy atom. The number of hydrogen-bond donors (Lipinski definition) is 1.